The first kappa shape index (κ1) is 19.6. The van der Waals surface area contributed by atoms with E-state index in [1.165, 1.54) is 0 Å². The SMILES string of the molecule is CCN(CC(=O)O)C1CC(NC(=O)NC2CCOC(c3ccccc3)C2)C1. The number of carboxylic acid groups (broad SMARTS) is 1. The van der Waals surface area contributed by atoms with Crippen LogP contribution in [0, 0.1) is 0 Å². The molecule has 1 saturated carbocycles. The molecule has 1 saturated heterocycles. The second kappa shape index (κ2) is 9.19. The molecule has 2 atom stereocenters. The zero-order chi connectivity index (χ0) is 19.2. The number of likely N-dealkylation sites (N-methyl/N-ethyl adjacent to an activating group) is 1. The number of carboxylic acids is 1. The van der Waals surface area contributed by atoms with Gasteiger partial charge in [0.05, 0.1) is 12.6 Å². The molecule has 2 fully saturated rings. The van der Waals surface area contributed by atoms with Crippen molar-refractivity contribution in [1.29, 1.82) is 0 Å². The molecule has 148 valence electrons. The predicted molar refractivity (Wildman–Crippen MR) is 102 cm³/mol. The maximum atomic E-state index is 12.3. The Kier molecular flexibility index (Phi) is 6.68. The molecule has 3 N–H and O–H groups in total. The number of hydrogen-bond acceptors (Lipinski definition) is 4. The predicted octanol–water partition coefficient (Wildman–Crippen LogP) is 2.14. The summed E-state index contributed by atoms with van der Waals surface area (Å²) in [5.74, 6) is -0.807. The summed E-state index contributed by atoms with van der Waals surface area (Å²) in [7, 11) is 0. The van der Waals surface area contributed by atoms with Gasteiger partial charge in [0.1, 0.15) is 0 Å². The lowest BCUT2D eigenvalue weighted by molar-refractivity contribution is -0.139. The van der Waals surface area contributed by atoms with Gasteiger partial charge in [-0.25, -0.2) is 4.79 Å². The minimum Gasteiger partial charge on any atom is -0.480 e. The molecule has 2 amide bonds. The summed E-state index contributed by atoms with van der Waals surface area (Å²) in [4.78, 5) is 25.1. The molecule has 1 aliphatic heterocycles. The lowest BCUT2D eigenvalue weighted by Gasteiger charge is -2.42. The first-order chi connectivity index (χ1) is 13.0. The summed E-state index contributed by atoms with van der Waals surface area (Å²) >= 11 is 0. The van der Waals surface area contributed by atoms with Crippen LogP contribution in [0.2, 0.25) is 0 Å². The van der Waals surface area contributed by atoms with Crippen LogP contribution in [0.15, 0.2) is 30.3 Å². The summed E-state index contributed by atoms with van der Waals surface area (Å²) in [6, 6.07) is 10.4. The third-order valence-corrected chi connectivity index (χ3v) is 5.50. The molecule has 2 unspecified atom stereocenters. The third kappa shape index (κ3) is 5.43. The van der Waals surface area contributed by atoms with Gasteiger partial charge in [0.15, 0.2) is 0 Å². The normalized spacial score (nSPS) is 27.6. The van der Waals surface area contributed by atoms with E-state index in [9.17, 15) is 9.59 Å². The topological polar surface area (TPSA) is 90.9 Å². The van der Waals surface area contributed by atoms with Gasteiger partial charge in [0.2, 0.25) is 0 Å². The zero-order valence-electron chi connectivity index (χ0n) is 15.8. The number of amides is 2. The fraction of sp³-hybridized carbons (Fsp3) is 0.600. The highest BCUT2D eigenvalue weighted by Gasteiger charge is 2.35. The number of benzene rings is 1. The van der Waals surface area contributed by atoms with Gasteiger partial charge >= 0.3 is 12.0 Å². The fourth-order valence-corrected chi connectivity index (χ4v) is 3.92. The number of urea groups is 1. The molecule has 27 heavy (non-hydrogen) atoms. The quantitative estimate of drug-likeness (QED) is 0.679. The number of carbonyl (C=O) groups excluding carboxylic acids is 1. The van der Waals surface area contributed by atoms with Crippen LogP contribution in [0.1, 0.15) is 44.3 Å². The van der Waals surface area contributed by atoms with Crippen molar-refractivity contribution in [2.45, 2.75) is 56.8 Å². The van der Waals surface area contributed by atoms with Crippen LogP contribution in [0.5, 0.6) is 0 Å². The Morgan fingerprint density at radius 2 is 1.85 bits per heavy atom. The Labute approximate surface area is 160 Å². The highest BCUT2D eigenvalue weighted by Crippen LogP contribution is 2.28. The van der Waals surface area contributed by atoms with E-state index in [0.29, 0.717) is 13.2 Å². The van der Waals surface area contributed by atoms with Gasteiger partial charge in [-0.3, -0.25) is 9.69 Å². The van der Waals surface area contributed by atoms with E-state index in [1.807, 2.05) is 30.0 Å². The Balaban J connectivity index is 1.40. The average molecular weight is 375 g/mol. The Bertz CT molecular complexity index is 633. The molecule has 0 radical (unpaired) electrons. The van der Waals surface area contributed by atoms with Crippen molar-refractivity contribution in [2.75, 3.05) is 19.7 Å². The number of rotatable bonds is 7. The van der Waals surface area contributed by atoms with Gasteiger partial charge in [-0.2, -0.15) is 0 Å². The molecule has 2 aliphatic rings. The van der Waals surface area contributed by atoms with Crippen molar-refractivity contribution >= 4 is 12.0 Å². The van der Waals surface area contributed by atoms with Gasteiger partial charge in [0.25, 0.3) is 0 Å². The first-order valence-corrected chi connectivity index (χ1v) is 9.74. The summed E-state index contributed by atoms with van der Waals surface area (Å²) in [5, 5.41) is 15.0. The molecule has 0 bridgehead atoms. The van der Waals surface area contributed by atoms with Crippen molar-refractivity contribution in [2.24, 2.45) is 0 Å². The smallest absolute Gasteiger partial charge is 0.317 e. The maximum Gasteiger partial charge on any atom is 0.317 e. The molecule has 1 aromatic rings. The molecule has 0 aromatic heterocycles. The van der Waals surface area contributed by atoms with Crippen LogP contribution in [-0.2, 0) is 9.53 Å². The molecule has 1 aliphatic carbocycles. The van der Waals surface area contributed by atoms with E-state index in [0.717, 1.165) is 31.2 Å². The monoisotopic (exact) mass is 375 g/mol. The van der Waals surface area contributed by atoms with E-state index < -0.39 is 5.97 Å². The number of ether oxygens (including phenoxy) is 1. The summed E-state index contributed by atoms with van der Waals surface area (Å²) < 4.78 is 5.85. The van der Waals surface area contributed by atoms with Gasteiger partial charge in [-0.1, -0.05) is 37.3 Å². The van der Waals surface area contributed by atoms with Crippen LogP contribution in [0.3, 0.4) is 0 Å². The fourth-order valence-electron chi connectivity index (χ4n) is 3.92. The van der Waals surface area contributed by atoms with Crippen LogP contribution in [0.4, 0.5) is 4.79 Å². The first-order valence-electron chi connectivity index (χ1n) is 9.74. The maximum absolute atomic E-state index is 12.3. The summed E-state index contributed by atoms with van der Waals surface area (Å²) in [6.45, 7) is 3.36. The lowest BCUT2D eigenvalue weighted by Crippen LogP contribution is -2.57. The van der Waals surface area contributed by atoms with Gasteiger partial charge in [-0.05, 0) is 37.8 Å². The molecule has 1 aromatic carbocycles. The Morgan fingerprint density at radius 3 is 2.52 bits per heavy atom. The molecular weight excluding hydrogens is 346 g/mol. The van der Waals surface area contributed by atoms with Gasteiger partial charge in [-0.15, -0.1) is 0 Å². The number of aliphatic carboxylic acids is 1. The highest BCUT2D eigenvalue weighted by molar-refractivity contribution is 5.74. The van der Waals surface area contributed by atoms with Crippen LogP contribution < -0.4 is 10.6 Å². The molecular formula is C20H29N3O4. The Hall–Kier alpha value is -2.12. The van der Waals surface area contributed by atoms with E-state index in [4.69, 9.17) is 9.84 Å². The number of nitrogens with zero attached hydrogens (tertiary/aromatic N) is 1. The second-order valence-corrected chi connectivity index (χ2v) is 7.39. The highest BCUT2D eigenvalue weighted by atomic mass is 16.5. The standard InChI is InChI=1S/C20H29N3O4/c1-2-23(13-19(24)25)17-10-16(11-17)22-20(26)21-15-8-9-27-18(12-15)14-6-4-3-5-7-14/h3-7,15-18H,2,8-13H2,1H3,(H,24,25)(H2,21,22,26). The molecule has 1 heterocycles. The van der Waals surface area contributed by atoms with Crippen molar-refractivity contribution in [1.82, 2.24) is 15.5 Å². The second-order valence-electron chi connectivity index (χ2n) is 7.39. The van der Waals surface area contributed by atoms with Gasteiger partial charge < -0.3 is 20.5 Å². The summed E-state index contributed by atoms with van der Waals surface area (Å²) in [5.41, 5.74) is 1.14. The Morgan fingerprint density at radius 1 is 1.15 bits per heavy atom. The lowest BCUT2D eigenvalue weighted by atomic mass is 9.85. The average Bonchev–Trinajstić information content (AvgIpc) is 2.63. The van der Waals surface area contributed by atoms with Crippen LogP contribution >= 0.6 is 0 Å². The zero-order valence-corrected chi connectivity index (χ0v) is 15.8. The van der Waals surface area contributed by atoms with Crippen molar-refractivity contribution in [3.63, 3.8) is 0 Å². The van der Waals surface area contributed by atoms with E-state index in [-0.39, 0.29) is 36.8 Å². The van der Waals surface area contributed by atoms with Gasteiger partial charge in [0, 0.05) is 24.7 Å². The molecule has 3 rings (SSSR count). The van der Waals surface area contributed by atoms with Crippen molar-refractivity contribution in [3.05, 3.63) is 35.9 Å². The molecule has 7 heteroatoms. The number of carbonyl (C=O) groups is 2. The third-order valence-electron chi connectivity index (χ3n) is 5.50. The van der Waals surface area contributed by atoms with E-state index in [1.54, 1.807) is 0 Å². The largest absolute Gasteiger partial charge is 0.480 e. The minimum atomic E-state index is -0.807. The van der Waals surface area contributed by atoms with Crippen LogP contribution in [-0.4, -0.2) is 59.8 Å². The number of hydrogen-bond donors (Lipinski definition) is 3. The molecule has 0 spiro atoms. The van der Waals surface area contributed by atoms with Crippen molar-refractivity contribution in [3.8, 4) is 0 Å². The molecule has 7 nitrogen and oxygen atoms in total. The van der Waals surface area contributed by atoms with E-state index >= 15 is 0 Å². The summed E-state index contributed by atoms with van der Waals surface area (Å²) in [6.07, 6.45) is 3.20. The van der Waals surface area contributed by atoms with Crippen LogP contribution in [0.25, 0.3) is 0 Å². The minimum absolute atomic E-state index is 0.0208. The van der Waals surface area contributed by atoms with Crippen molar-refractivity contribution < 1.29 is 19.4 Å². The van der Waals surface area contributed by atoms with E-state index in [2.05, 4.69) is 22.8 Å². The number of nitrogens with one attached hydrogen (secondary N) is 2.